The van der Waals surface area contributed by atoms with Crippen molar-refractivity contribution in [2.75, 3.05) is 24.5 Å². The summed E-state index contributed by atoms with van der Waals surface area (Å²) in [6, 6.07) is 19.9. The molecule has 2 aromatic carbocycles. The maximum absolute atomic E-state index is 12.7. The van der Waals surface area contributed by atoms with Crippen molar-refractivity contribution in [2.45, 2.75) is 31.8 Å². The zero-order valence-corrected chi connectivity index (χ0v) is 18.0. The summed E-state index contributed by atoms with van der Waals surface area (Å²) in [5, 5.41) is 3.13. The lowest BCUT2D eigenvalue weighted by Crippen LogP contribution is -2.46. The number of hydrogen-bond acceptors (Lipinski definition) is 4. The first-order chi connectivity index (χ1) is 15.7. The molecule has 6 heteroatoms. The minimum Gasteiger partial charge on any atom is -0.459 e. The van der Waals surface area contributed by atoms with Crippen LogP contribution in [0.3, 0.4) is 0 Å². The third-order valence-electron chi connectivity index (χ3n) is 6.47. The van der Waals surface area contributed by atoms with Gasteiger partial charge < -0.3 is 19.5 Å². The second-order valence-corrected chi connectivity index (χ2v) is 8.50. The minimum atomic E-state index is -0.0873. The molecule has 0 aliphatic carbocycles. The molecule has 1 saturated heterocycles. The van der Waals surface area contributed by atoms with Crippen LogP contribution in [0.15, 0.2) is 71.3 Å². The highest BCUT2D eigenvalue weighted by molar-refractivity contribution is 5.95. The van der Waals surface area contributed by atoms with E-state index in [2.05, 4.69) is 34.5 Å². The maximum Gasteiger partial charge on any atom is 0.289 e. The Morgan fingerprint density at radius 3 is 2.34 bits per heavy atom. The maximum atomic E-state index is 12.7. The van der Waals surface area contributed by atoms with Crippen molar-refractivity contribution < 1.29 is 14.0 Å². The normalized spacial score (nSPS) is 16.5. The summed E-state index contributed by atoms with van der Waals surface area (Å²) in [6.45, 7) is 3.11. The molecule has 0 spiro atoms. The molecule has 2 aliphatic rings. The van der Waals surface area contributed by atoms with Crippen LogP contribution < -0.4 is 10.2 Å². The van der Waals surface area contributed by atoms with Crippen LogP contribution in [0.4, 0.5) is 5.69 Å². The summed E-state index contributed by atoms with van der Waals surface area (Å²) >= 11 is 0. The van der Waals surface area contributed by atoms with Gasteiger partial charge in [0.25, 0.3) is 11.8 Å². The Hall–Kier alpha value is -3.54. The van der Waals surface area contributed by atoms with E-state index in [1.165, 1.54) is 17.4 Å². The molecule has 2 aliphatic heterocycles. The van der Waals surface area contributed by atoms with Gasteiger partial charge in [-0.25, -0.2) is 0 Å². The van der Waals surface area contributed by atoms with Crippen LogP contribution in [-0.4, -0.2) is 42.4 Å². The molecule has 3 aromatic rings. The van der Waals surface area contributed by atoms with E-state index < -0.39 is 0 Å². The topological polar surface area (TPSA) is 65.8 Å². The first-order valence-electron chi connectivity index (χ1n) is 11.2. The molecule has 5 rings (SSSR count). The van der Waals surface area contributed by atoms with E-state index in [0.717, 1.165) is 38.0 Å². The van der Waals surface area contributed by atoms with Gasteiger partial charge in [-0.15, -0.1) is 0 Å². The number of carbonyl (C=O) groups excluding carboxylic acids is 2. The van der Waals surface area contributed by atoms with Crippen LogP contribution in [0.1, 0.15) is 44.9 Å². The summed E-state index contributed by atoms with van der Waals surface area (Å²) < 4.78 is 5.20. The number of benzene rings is 2. The molecule has 0 saturated carbocycles. The molecule has 164 valence electrons. The highest BCUT2D eigenvalue weighted by atomic mass is 16.3. The van der Waals surface area contributed by atoms with Gasteiger partial charge in [0.2, 0.25) is 0 Å². The fraction of sp³-hybridized carbons (Fsp3) is 0.308. The Labute approximate surface area is 187 Å². The van der Waals surface area contributed by atoms with Gasteiger partial charge in [-0.05, 0) is 66.8 Å². The van der Waals surface area contributed by atoms with Crippen molar-refractivity contribution in [3.8, 4) is 0 Å². The number of likely N-dealkylation sites (tertiary alicyclic amines) is 1. The van der Waals surface area contributed by atoms with Crippen LogP contribution in [0.25, 0.3) is 0 Å². The highest BCUT2D eigenvalue weighted by Crippen LogP contribution is 2.25. The first-order valence-corrected chi connectivity index (χ1v) is 11.2. The van der Waals surface area contributed by atoms with Crippen LogP contribution in [0.5, 0.6) is 0 Å². The number of nitrogens with zero attached hydrogens (tertiary/aromatic N) is 2. The van der Waals surface area contributed by atoms with Crippen molar-refractivity contribution in [3.63, 3.8) is 0 Å². The summed E-state index contributed by atoms with van der Waals surface area (Å²) in [5.74, 6) is 0.219. The Morgan fingerprint density at radius 2 is 1.62 bits per heavy atom. The number of fused-ring (bicyclic) bond motifs is 1. The van der Waals surface area contributed by atoms with Gasteiger partial charge in [0.1, 0.15) is 0 Å². The average Bonchev–Trinajstić information content (AvgIpc) is 3.39. The number of nitrogens with one attached hydrogen (secondary N) is 1. The molecule has 0 unspecified atom stereocenters. The summed E-state index contributed by atoms with van der Waals surface area (Å²) in [5.41, 5.74) is 4.61. The summed E-state index contributed by atoms with van der Waals surface area (Å²) in [6.07, 6.45) is 4.03. The van der Waals surface area contributed by atoms with Gasteiger partial charge in [-0.1, -0.05) is 24.3 Å². The number of piperidine rings is 1. The van der Waals surface area contributed by atoms with Gasteiger partial charge in [-0.3, -0.25) is 9.59 Å². The molecule has 3 heterocycles. The van der Waals surface area contributed by atoms with Crippen molar-refractivity contribution >= 4 is 17.5 Å². The van der Waals surface area contributed by atoms with E-state index in [0.29, 0.717) is 24.4 Å². The van der Waals surface area contributed by atoms with Crippen molar-refractivity contribution in [2.24, 2.45) is 0 Å². The van der Waals surface area contributed by atoms with E-state index in [1.54, 1.807) is 17.0 Å². The van der Waals surface area contributed by atoms with Crippen LogP contribution in [-0.2, 0) is 13.0 Å². The van der Waals surface area contributed by atoms with Crippen LogP contribution >= 0.6 is 0 Å². The molecular weight excluding hydrogens is 402 g/mol. The third kappa shape index (κ3) is 4.26. The van der Waals surface area contributed by atoms with E-state index in [-0.39, 0.29) is 17.9 Å². The average molecular weight is 430 g/mol. The zero-order chi connectivity index (χ0) is 21.9. The second-order valence-electron chi connectivity index (χ2n) is 8.50. The van der Waals surface area contributed by atoms with Crippen molar-refractivity contribution in [1.29, 1.82) is 0 Å². The van der Waals surface area contributed by atoms with Gasteiger partial charge in [-0.2, -0.15) is 0 Å². The predicted octanol–water partition coefficient (Wildman–Crippen LogP) is 3.88. The SMILES string of the molecule is O=C(NC1CCN(C(=O)c2ccco2)CC1)c1ccc(N2CCc3ccccc3C2)cc1. The Balaban J connectivity index is 1.14. The van der Waals surface area contributed by atoms with Gasteiger partial charge in [0.15, 0.2) is 5.76 Å². The zero-order valence-electron chi connectivity index (χ0n) is 18.0. The molecule has 1 N–H and O–H groups in total. The third-order valence-corrected chi connectivity index (χ3v) is 6.47. The number of anilines is 1. The first kappa shape index (κ1) is 20.4. The lowest BCUT2D eigenvalue weighted by atomic mass is 9.99. The standard InChI is InChI=1S/C26H27N3O3/c30-25(27-22-12-15-28(16-13-22)26(31)24-6-3-17-32-24)20-7-9-23(10-8-20)29-14-11-19-4-1-2-5-21(19)18-29/h1-10,17,22H,11-16,18H2,(H,27,30). The van der Waals surface area contributed by atoms with E-state index in [1.807, 2.05) is 24.3 Å². The lowest BCUT2D eigenvalue weighted by molar-refractivity contribution is 0.0667. The van der Waals surface area contributed by atoms with Gasteiger partial charge >= 0.3 is 0 Å². The summed E-state index contributed by atoms with van der Waals surface area (Å²) in [7, 11) is 0. The number of amides is 2. The van der Waals surface area contributed by atoms with Crippen LogP contribution in [0, 0.1) is 0 Å². The van der Waals surface area contributed by atoms with E-state index in [9.17, 15) is 9.59 Å². The number of rotatable bonds is 4. The second kappa shape index (κ2) is 8.91. The predicted molar refractivity (Wildman–Crippen MR) is 123 cm³/mol. The molecule has 6 nitrogen and oxygen atoms in total. The molecule has 2 amide bonds. The molecular formula is C26H27N3O3. The smallest absolute Gasteiger partial charge is 0.289 e. The molecule has 0 radical (unpaired) electrons. The van der Waals surface area contributed by atoms with Gasteiger partial charge in [0.05, 0.1) is 6.26 Å². The summed E-state index contributed by atoms with van der Waals surface area (Å²) in [4.78, 5) is 29.3. The van der Waals surface area contributed by atoms with E-state index in [4.69, 9.17) is 4.42 Å². The molecule has 1 aromatic heterocycles. The molecule has 0 bridgehead atoms. The fourth-order valence-corrected chi connectivity index (χ4v) is 4.59. The monoisotopic (exact) mass is 429 g/mol. The minimum absolute atomic E-state index is 0.0589. The van der Waals surface area contributed by atoms with E-state index >= 15 is 0 Å². The largest absolute Gasteiger partial charge is 0.459 e. The fourth-order valence-electron chi connectivity index (χ4n) is 4.59. The lowest BCUT2D eigenvalue weighted by Gasteiger charge is -2.32. The molecule has 1 fully saturated rings. The quantitative estimate of drug-likeness (QED) is 0.684. The molecule has 32 heavy (non-hydrogen) atoms. The van der Waals surface area contributed by atoms with Crippen LogP contribution in [0.2, 0.25) is 0 Å². The van der Waals surface area contributed by atoms with Crippen molar-refractivity contribution in [1.82, 2.24) is 10.2 Å². The molecule has 0 atom stereocenters. The number of hydrogen-bond donors (Lipinski definition) is 1. The number of carbonyl (C=O) groups is 2. The van der Waals surface area contributed by atoms with Crippen molar-refractivity contribution in [3.05, 3.63) is 89.4 Å². The number of furan rings is 1. The highest BCUT2D eigenvalue weighted by Gasteiger charge is 2.26. The Kier molecular flexibility index (Phi) is 5.67. The van der Waals surface area contributed by atoms with Gasteiger partial charge in [0, 0.05) is 43.5 Å². The Bertz CT molecular complexity index is 1080. The Morgan fingerprint density at radius 1 is 0.875 bits per heavy atom.